The van der Waals surface area contributed by atoms with E-state index in [-0.39, 0.29) is 5.91 Å². The minimum Gasteiger partial charge on any atom is -0.397 e. The van der Waals surface area contributed by atoms with Crippen molar-refractivity contribution in [3.63, 3.8) is 0 Å². The maximum atomic E-state index is 12.3. The minimum atomic E-state index is -0.547. The Morgan fingerprint density at radius 3 is 2.61 bits per heavy atom. The van der Waals surface area contributed by atoms with Gasteiger partial charge in [0, 0.05) is 20.1 Å². The van der Waals surface area contributed by atoms with Gasteiger partial charge >= 0.3 is 0 Å². The van der Waals surface area contributed by atoms with Crippen molar-refractivity contribution in [1.82, 2.24) is 4.90 Å². The van der Waals surface area contributed by atoms with Crippen molar-refractivity contribution in [3.8, 4) is 0 Å². The maximum absolute atomic E-state index is 12.3. The highest BCUT2D eigenvalue weighted by molar-refractivity contribution is 5.91. The van der Waals surface area contributed by atoms with Crippen LogP contribution in [-0.2, 0) is 4.79 Å². The van der Waals surface area contributed by atoms with Gasteiger partial charge in [0.15, 0.2) is 0 Å². The zero-order valence-corrected chi connectivity index (χ0v) is 11.5. The fourth-order valence-corrected chi connectivity index (χ4v) is 2.52. The molecule has 0 spiro atoms. The Hall–Kier alpha value is -1.71. The highest BCUT2D eigenvalue weighted by Gasteiger charge is 2.41. The molecule has 1 heterocycles. The van der Waals surface area contributed by atoms with Crippen LogP contribution in [-0.4, -0.2) is 36.5 Å². The van der Waals surface area contributed by atoms with E-state index >= 15 is 0 Å². The quantitative estimate of drug-likeness (QED) is 0.767. The largest absolute Gasteiger partial charge is 0.397 e. The summed E-state index contributed by atoms with van der Waals surface area (Å²) in [6.45, 7) is 7.48. The Kier molecular flexibility index (Phi) is 2.97. The van der Waals surface area contributed by atoms with Crippen LogP contribution >= 0.6 is 0 Å². The van der Waals surface area contributed by atoms with Crippen LogP contribution in [0.5, 0.6) is 0 Å². The second kappa shape index (κ2) is 4.19. The van der Waals surface area contributed by atoms with E-state index in [1.54, 1.807) is 4.90 Å². The summed E-state index contributed by atoms with van der Waals surface area (Å²) in [6.07, 6.45) is 0. The second-order valence-electron chi connectivity index (χ2n) is 5.50. The molecule has 4 heteroatoms. The number of carbonyl (C=O) groups is 1. The standard InChI is InChI=1S/C14H21N3O/c1-10-5-6-11(15)12(9-10)17-8-7-16(4)13(18)14(17,2)3/h5-6,9H,7-8,15H2,1-4H3. The van der Waals surface area contributed by atoms with Crippen LogP contribution in [0.3, 0.4) is 0 Å². The summed E-state index contributed by atoms with van der Waals surface area (Å²) < 4.78 is 0. The number of nitrogen functional groups attached to an aromatic ring is 1. The fourth-order valence-electron chi connectivity index (χ4n) is 2.52. The van der Waals surface area contributed by atoms with E-state index < -0.39 is 5.54 Å². The first-order chi connectivity index (χ1) is 8.34. The molecule has 1 aliphatic rings. The number of hydrogen-bond donors (Lipinski definition) is 1. The number of nitrogens with zero attached hydrogens (tertiary/aromatic N) is 2. The summed E-state index contributed by atoms with van der Waals surface area (Å²) in [5, 5.41) is 0. The zero-order chi connectivity index (χ0) is 13.5. The molecule has 98 valence electrons. The van der Waals surface area contributed by atoms with Gasteiger partial charge in [0.25, 0.3) is 0 Å². The summed E-state index contributed by atoms with van der Waals surface area (Å²) in [5.74, 6) is 0.134. The molecule has 4 nitrogen and oxygen atoms in total. The zero-order valence-electron chi connectivity index (χ0n) is 11.5. The lowest BCUT2D eigenvalue weighted by Gasteiger charge is -2.46. The number of benzene rings is 1. The molecule has 2 N–H and O–H groups in total. The molecule has 0 unspecified atom stereocenters. The van der Waals surface area contributed by atoms with Crippen LogP contribution in [0.1, 0.15) is 19.4 Å². The monoisotopic (exact) mass is 247 g/mol. The molecule has 1 amide bonds. The maximum Gasteiger partial charge on any atom is 0.247 e. The predicted octanol–water partition coefficient (Wildman–Crippen LogP) is 1.63. The van der Waals surface area contributed by atoms with Crippen molar-refractivity contribution >= 4 is 17.3 Å². The smallest absolute Gasteiger partial charge is 0.247 e. The number of piperazine rings is 1. The van der Waals surface area contributed by atoms with Gasteiger partial charge in [0.1, 0.15) is 5.54 Å². The second-order valence-corrected chi connectivity index (χ2v) is 5.50. The lowest BCUT2D eigenvalue weighted by atomic mass is 9.96. The Bertz CT molecular complexity index is 482. The first-order valence-electron chi connectivity index (χ1n) is 6.23. The molecule has 1 fully saturated rings. The third kappa shape index (κ3) is 1.92. The SMILES string of the molecule is Cc1ccc(N)c(N2CCN(C)C(=O)C2(C)C)c1. The summed E-state index contributed by atoms with van der Waals surface area (Å²) in [6, 6.07) is 5.95. The topological polar surface area (TPSA) is 49.6 Å². The molecule has 1 saturated heterocycles. The van der Waals surface area contributed by atoms with Crippen LogP contribution in [0.4, 0.5) is 11.4 Å². The number of nitrogens with two attached hydrogens (primary N) is 1. The number of rotatable bonds is 1. The van der Waals surface area contributed by atoms with Gasteiger partial charge in [0.05, 0.1) is 11.4 Å². The van der Waals surface area contributed by atoms with Crippen molar-refractivity contribution in [3.05, 3.63) is 23.8 Å². The molecule has 0 aliphatic carbocycles. The predicted molar refractivity (Wildman–Crippen MR) is 74.7 cm³/mol. The molecule has 0 radical (unpaired) electrons. The van der Waals surface area contributed by atoms with Gasteiger partial charge in [-0.15, -0.1) is 0 Å². The van der Waals surface area contributed by atoms with Crippen molar-refractivity contribution in [1.29, 1.82) is 0 Å². The number of aryl methyl sites for hydroxylation is 1. The number of hydrogen-bond acceptors (Lipinski definition) is 3. The van der Waals surface area contributed by atoms with Crippen molar-refractivity contribution in [2.45, 2.75) is 26.3 Å². The van der Waals surface area contributed by atoms with Gasteiger partial charge in [-0.05, 0) is 38.5 Å². The summed E-state index contributed by atoms with van der Waals surface area (Å²) in [4.78, 5) is 16.2. The van der Waals surface area contributed by atoms with E-state index in [9.17, 15) is 4.79 Å². The third-order valence-electron chi connectivity index (χ3n) is 3.68. The van der Waals surface area contributed by atoms with Gasteiger partial charge in [-0.1, -0.05) is 6.07 Å². The first-order valence-corrected chi connectivity index (χ1v) is 6.23. The molecule has 0 aromatic heterocycles. The molecular formula is C14H21N3O. The fraction of sp³-hybridized carbons (Fsp3) is 0.500. The average Bonchev–Trinajstić information content (AvgIpc) is 2.30. The molecule has 1 aromatic carbocycles. The Labute approximate surface area is 108 Å². The first kappa shape index (κ1) is 12.7. The number of anilines is 2. The van der Waals surface area contributed by atoms with Crippen molar-refractivity contribution in [2.24, 2.45) is 0 Å². The van der Waals surface area contributed by atoms with Gasteiger partial charge < -0.3 is 15.5 Å². The van der Waals surface area contributed by atoms with Crippen LogP contribution in [0.15, 0.2) is 18.2 Å². The van der Waals surface area contributed by atoms with Gasteiger partial charge in [0.2, 0.25) is 5.91 Å². The Morgan fingerprint density at radius 2 is 1.94 bits per heavy atom. The van der Waals surface area contributed by atoms with Crippen LogP contribution in [0.25, 0.3) is 0 Å². The minimum absolute atomic E-state index is 0.134. The molecule has 0 bridgehead atoms. The van der Waals surface area contributed by atoms with E-state index in [0.717, 1.165) is 30.0 Å². The molecule has 0 atom stereocenters. The van der Waals surface area contributed by atoms with E-state index in [0.29, 0.717) is 0 Å². The molecule has 1 aromatic rings. The molecule has 0 saturated carbocycles. The van der Waals surface area contributed by atoms with Gasteiger partial charge in [-0.2, -0.15) is 0 Å². The number of amides is 1. The summed E-state index contributed by atoms with van der Waals surface area (Å²) in [5.41, 5.74) is 8.35. The summed E-state index contributed by atoms with van der Waals surface area (Å²) >= 11 is 0. The van der Waals surface area contributed by atoms with Crippen molar-refractivity contribution in [2.75, 3.05) is 30.8 Å². The van der Waals surface area contributed by atoms with Crippen molar-refractivity contribution < 1.29 is 4.79 Å². The molecule has 18 heavy (non-hydrogen) atoms. The van der Waals surface area contributed by atoms with Gasteiger partial charge in [-0.3, -0.25) is 4.79 Å². The van der Waals surface area contributed by atoms with Gasteiger partial charge in [-0.25, -0.2) is 0 Å². The Balaban J connectivity index is 2.44. The lowest BCUT2D eigenvalue weighted by Crippen LogP contribution is -2.62. The van der Waals surface area contributed by atoms with Crippen LogP contribution in [0, 0.1) is 6.92 Å². The number of likely N-dealkylation sites (N-methyl/N-ethyl adjacent to an activating group) is 1. The third-order valence-corrected chi connectivity index (χ3v) is 3.68. The number of carbonyl (C=O) groups excluding carboxylic acids is 1. The normalized spacial score (nSPS) is 19.2. The van der Waals surface area contributed by atoms with E-state index in [1.165, 1.54) is 0 Å². The van der Waals surface area contributed by atoms with E-state index in [4.69, 9.17) is 5.73 Å². The Morgan fingerprint density at radius 1 is 1.28 bits per heavy atom. The van der Waals surface area contributed by atoms with E-state index in [2.05, 4.69) is 11.0 Å². The average molecular weight is 247 g/mol. The highest BCUT2D eigenvalue weighted by Crippen LogP contribution is 2.33. The van der Waals surface area contributed by atoms with E-state index in [1.807, 2.05) is 40.0 Å². The summed E-state index contributed by atoms with van der Waals surface area (Å²) in [7, 11) is 1.85. The van der Waals surface area contributed by atoms with Crippen LogP contribution in [0.2, 0.25) is 0 Å². The molecular weight excluding hydrogens is 226 g/mol. The van der Waals surface area contributed by atoms with Crippen LogP contribution < -0.4 is 10.6 Å². The highest BCUT2D eigenvalue weighted by atomic mass is 16.2. The molecule has 1 aliphatic heterocycles. The molecule has 2 rings (SSSR count). The lowest BCUT2D eigenvalue weighted by molar-refractivity contribution is -0.136.